The topological polar surface area (TPSA) is 76.7 Å². The lowest BCUT2D eigenvalue weighted by Crippen LogP contribution is -2.39. The van der Waals surface area contributed by atoms with E-state index in [0.717, 1.165) is 19.4 Å². The number of carbonyl (C=O) groups excluding carboxylic acids is 2. The molecule has 6 nitrogen and oxygen atoms in total. The van der Waals surface area contributed by atoms with E-state index in [-0.39, 0.29) is 6.10 Å². The Morgan fingerprint density at radius 2 is 2.05 bits per heavy atom. The highest BCUT2D eigenvalue weighted by Gasteiger charge is 2.19. The maximum Gasteiger partial charge on any atom is 0.313 e. The molecule has 1 aliphatic rings. The van der Waals surface area contributed by atoms with Crippen molar-refractivity contribution < 1.29 is 19.1 Å². The van der Waals surface area contributed by atoms with E-state index >= 15 is 0 Å². The van der Waals surface area contributed by atoms with E-state index in [0.29, 0.717) is 18.0 Å². The van der Waals surface area contributed by atoms with Crippen LogP contribution in [-0.4, -0.2) is 38.2 Å². The largest absolute Gasteiger partial charge is 0.497 e. The van der Waals surface area contributed by atoms with Crippen molar-refractivity contribution in [3.8, 4) is 5.75 Å². The number of ether oxygens (including phenoxy) is 2. The Kier molecular flexibility index (Phi) is 4.95. The van der Waals surface area contributed by atoms with Gasteiger partial charge in [-0.25, -0.2) is 0 Å². The first kappa shape index (κ1) is 14.3. The van der Waals surface area contributed by atoms with Gasteiger partial charge >= 0.3 is 11.8 Å². The molecule has 2 N–H and O–H groups in total. The minimum Gasteiger partial charge on any atom is -0.497 e. The SMILES string of the molecule is COc1ccc(NC(=O)C(=O)NC[C@@H]2CCCO2)cc1. The van der Waals surface area contributed by atoms with Crippen molar-refractivity contribution in [3.63, 3.8) is 0 Å². The van der Waals surface area contributed by atoms with E-state index in [9.17, 15) is 9.59 Å². The van der Waals surface area contributed by atoms with E-state index in [1.54, 1.807) is 31.4 Å². The lowest BCUT2D eigenvalue weighted by atomic mass is 10.2. The molecule has 108 valence electrons. The van der Waals surface area contributed by atoms with Gasteiger partial charge in [0.25, 0.3) is 0 Å². The zero-order valence-corrected chi connectivity index (χ0v) is 11.3. The second-order valence-electron chi connectivity index (χ2n) is 4.53. The Labute approximate surface area is 117 Å². The molecule has 0 spiro atoms. The molecule has 0 unspecified atom stereocenters. The van der Waals surface area contributed by atoms with Gasteiger partial charge < -0.3 is 20.1 Å². The van der Waals surface area contributed by atoms with Gasteiger partial charge in [-0.2, -0.15) is 0 Å². The Bertz CT molecular complexity index is 467. The predicted octanol–water partition coefficient (Wildman–Crippen LogP) is 0.929. The van der Waals surface area contributed by atoms with Crippen LogP contribution in [0.15, 0.2) is 24.3 Å². The minimum atomic E-state index is -0.687. The molecule has 0 saturated carbocycles. The summed E-state index contributed by atoms with van der Waals surface area (Å²) in [4.78, 5) is 23.3. The molecular weight excluding hydrogens is 260 g/mol. The molecule has 1 aromatic rings. The van der Waals surface area contributed by atoms with Crippen LogP contribution in [0.5, 0.6) is 5.75 Å². The average Bonchev–Trinajstić information content (AvgIpc) is 2.98. The molecule has 1 saturated heterocycles. The first-order valence-corrected chi connectivity index (χ1v) is 6.54. The number of anilines is 1. The molecule has 0 aliphatic carbocycles. The number of hydrogen-bond acceptors (Lipinski definition) is 4. The fourth-order valence-corrected chi connectivity index (χ4v) is 1.95. The van der Waals surface area contributed by atoms with Crippen LogP contribution in [0.3, 0.4) is 0 Å². The molecule has 0 bridgehead atoms. The van der Waals surface area contributed by atoms with Crippen LogP contribution < -0.4 is 15.4 Å². The second-order valence-corrected chi connectivity index (χ2v) is 4.53. The first-order chi connectivity index (χ1) is 9.69. The predicted molar refractivity (Wildman–Crippen MR) is 73.6 cm³/mol. The van der Waals surface area contributed by atoms with Gasteiger partial charge in [0.15, 0.2) is 0 Å². The van der Waals surface area contributed by atoms with Crippen molar-refractivity contribution in [2.24, 2.45) is 0 Å². The summed E-state index contributed by atoms with van der Waals surface area (Å²) >= 11 is 0. The molecule has 1 aromatic carbocycles. The van der Waals surface area contributed by atoms with Crippen LogP contribution in [0.1, 0.15) is 12.8 Å². The molecule has 0 aromatic heterocycles. The van der Waals surface area contributed by atoms with E-state index < -0.39 is 11.8 Å². The summed E-state index contributed by atoms with van der Waals surface area (Å²) in [6.45, 7) is 1.09. The van der Waals surface area contributed by atoms with Gasteiger partial charge in [0.05, 0.1) is 13.2 Å². The van der Waals surface area contributed by atoms with Crippen LogP contribution in [0.25, 0.3) is 0 Å². The Morgan fingerprint density at radius 3 is 2.65 bits per heavy atom. The fourth-order valence-electron chi connectivity index (χ4n) is 1.95. The maximum atomic E-state index is 11.7. The number of amides is 2. The highest BCUT2D eigenvalue weighted by atomic mass is 16.5. The quantitative estimate of drug-likeness (QED) is 0.803. The van der Waals surface area contributed by atoms with Gasteiger partial charge in [0.2, 0.25) is 0 Å². The molecule has 0 radical (unpaired) electrons. The summed E-state index contributed by atoms with van der Waals surface area (Å²) in [5.74, 6) is -0.657. The van der Waals surface area contributed by atoms with Crippen molar-refractivity contribution in [2.75, 3.05) is 25.6 Å². The standard InChI is InChI=1S/C14H18N2O4/c1-19-11-6-4-10(5-7-11)16-14(18)13(17)15-9-12-3-2-8-20-12/h4-7,12H,2-3,8-9H2,1H3,(H,15,17)(H,16,18)/t12-/m0/s1. The number of carbonyl (C=O) groups is 2. The van der Waals surface area contributed by atoms with Gasteiger partial charge in [0.1, 0.15) is 5.75 Å². The smallest absolute Gasteiger partial charge is 0.313 e. The molecule has 20 heavy (non-hydrogen) atoms. The van der Waals surface area contributed by atoms with Crippen molar-refractivity contribution >= 4 is 17.5 Å². The van der Waals surface area contributed by atoms with Crippen molar-refractivity contribution in [1.29, 1.82) is 0 Å². The summed E-state index contributed by atoms with van der Waals surface area (Å²) < 4.78 is 10.4. The molecule has 2 amide bonds. The Morgan fingerprint density at radius 1 is 1.30 bits per heavy atom. The number of benzene rings is 1. The highest BCUT2D eigenvalue weighted by Crippen LogP contribution is 2.15. The average molecular weight is 278 g/mol. The number of nitrogens with one attached hydrogen (secondary N) is 2. The van der Waals surface area contributed by atoms with Crippen molar-refractivity contribution in [2.45, 2.75) is 18.9 Å². The van der Waals surface area contributed by atoms with Crippen LogP contribution in [0, 0.1) is 0 Å². The zero-order chi connectivity index (χ0) is 14.4. The lowest BCUT2D eigenvalue weighted by molar-refractivity contribution is -0.136. The highest BCUT2D eigenvalue weighted by molar-refractivity contribution is 6.39. The van der Waals surface area contributed by atoms with Crippen LogP contribution in [-0.2, 0) is 14.3 Å². The Hall–Kier alpha value is -2.08. The summed E-state index contributed by atoms with van der Waals surface area (Å²) in [5.41, 5.74) is 0.545. The molecular formula is C14H18N2O4. The third kappa shape index (κ3) is 3.96. The van der Waals surface area contributed by atoms with Crippen LogP contribution in [0.4, 0.5) is 5.69 Å². The van der Waals surface area contributed by atoms with Gasteiger partial charge in [-0.05, 0) is 37.1 Å². The third-order valence-electron chi connectivity index (χ3n) is 3.07. The molecule has 1 heterocycles. The molecule has 2 rings (SSSR count). The summed E-state index contributed by atoms with van der Waals surface area (Å²) in [6.07, 6.45) is 1.94. The number of hydrogen-bond donors (Lipinski definition) is 2. The van der Waals surface area contributed by atoms with Crippen molar-refractivity contribution in [1.82, 2.24) is 5.32 Å². The van der Waals surface area contributed by atoms with Gasteiger partial charge in [-0.3, -0.25) is 9.59 Å². The normalized spacial score (nSPS) is 17.6. The van der Waals surface area contributed by atoms with Crippen LogP contribution >= 0.6 is 0 Å². The molecule has 1 fully saturated rings. The molecule has 1 atom stereocenters. The van der Waals surface area contributed by atoms with Crippen LogP contribution in [0.2, 0.25) is 0 Å². The fraction of sp³-hybridized carbons (Fsp3) is 0.429. The first-order valence-electron chi connectivity index (χ1n) is 6.54. The monoisotopic (exact) mass is 278 g/mol. The number of methoxy groups -OCH3 is 1. The van der Waals surface area contributed by atoms with Crippen molar-refractivity contribution in [3.05, 3.63) is 24.3 Å². The van der Waals surface area contributed by atoms with E-state index in [4.69, 9.17) is 9.47 Å². The summed E-state index contributed by atoms with van der Waals surface area (Å²) in [7, 11) is 1.56. The van der Waals surface area contributed by atoms with Gasteiger partial charge in [-0.15, -0.1) is 0 Å². The lowest BCUT2D eigenvalue weighted by Gasteiger charge is -2.10. The van der Waals surface area contributed by atoms with Gasteiger partial charge in [0, 0.05) is 18.8 Å². The summed E-state index contributed by atoms with van der Waals surface area (Å²) in [5, 5.41) is 5.09. The second kappa shape index (κ2) is 6.91. The number of rotatable bonds is 4. The Balaban J connectivity index is 1.78. The molecule has 1 aliphatic heterocycles. The van der Waals surface area contributed by atoms with Gasteiger partial charge in [-0.1, -0.05) is 0 Å². The minimum absolute atomic E-state index is 0.0211. The van der Waals surface area contributed by atoms with E-state index in [1.807, 2.05) is 0 Å². The summed E-state index contributed by atoms with van der Waals surface area (Å²) in [6, 6.07) is 6.76. The molecule has 6 heteroatoms. The van der Waals surface area contributed by atoms with E-state index in [1.165, 1.54) is 0 Å². The third-order valence-corrected chi connectivity index (χ3v) is 3.07. The maximum absolute atomic E-state index is 11.7. The van der Waals surface area contributed by atoms with E-state index in [2.05, 4.69) is 10.6 Å². The zero-order valence-electron chi connectivity index (χ0n) is 11.3.